The van der Waals surface area contributed by atoms with E-state index in [9.17, 15) is 4.79 Å². The summed E-state index contributed by atoms with van der Waals surface area (Å²) >= 11 is 0. The normalized spacial score (nSPS) is 22.9. The Morgan fingerprint density at radius 1 is 1.45 bits per heavy atom. The molecule has 1 heterocycles. The molecule has 1 fully saturated rings. The van der Waals surface area contributed by atoms with Gasteiger partial charge in [0.1, 0.15) is 17.5 Å². The molecule has 0 saturated heterocycles. The van der Waals surface area contributed by atoms with Crippen molar-refractivity contribution in [3.05, 3.63) is 24.0 Å². The topological polar surface area (TPSA) is 77.2 Å². The minimum atomic E-state index is -0.178. The molecule has 20 heavy (non-hydrogen) atoms. The number of amides is 1. The second-order valence-electron chi connectivity index (χ2n) is 5.19. The van der Waals surface area contributed by atoms with Crippen LogP contribution in [0.5, 0.6) is 5.75 Å². The maximum Gasteiger partial charge on any atom is 0.270 e. The molecule has 0 aromatic carbocycles. The average Bonchev–Trinajstić information content (AvgIpc) is 2.65. The SMILES string of the molecule is CCNC(=O)c1cc(OC2CCCCCC2N)ccn1. The predicted molar refractivity (Wildman–Crippen MR) is 77.7 cm³/mol. The highest BCUT2D eigenvalue weighted by Gasteiger charge is 2.22. The van der Waals surface area contributed by atoms with Gasteiger partial charge in [-0.15, -0.1) is 0 Å². The molecule has 5 heteroatoms. The van der Waals surface area contributed by atoms with Crippen LogP contribution in [0.15, 0.2) is 18.3 Å². The summed E-state index contributed by atoms with van der Waals surface area (Å²) in [5.41, 5.74) is 6.53. The number of nitrogens with zero attached hydrogens (tertiary/aromatic N) is 1. The highest BCUT2D eigenvalue weighted by atomic mass is 16.5. The zero-order valence-corrected chi connectivity index (χ0v) is 12.0. The number of pyridine rings is 1. The smallest absolute Gasteiger partial charge is 0.270 e. The molecular weight excluding hydrogens is 254 g/mol. The van der Waals surface area contributed by atoms with Gasteiger partial charge < -0.3 is 15.8 Å². The van der Waals surface area contributed by atoms with Crippen molar-refractivity contribution in [2.24, 2.45) is 5.73 Å². The summed E-state index contributed by atoms with van der Waals surface area (Å²) in [4.78, 5) is 15.8. The van der Waals surface area contributed by atoms with E-state index in [4.69, 9.17) is 10.5 Å². The molecule has 2 atom stereocenters. The molecule has 110 valence electrons. The Bertz CT molecular complexity index is 450. The first-order chi connectivity index (χ1) is 9.70. The van der Waals surface area contributed by atoms with Gasteiger partial charge in [0.15, 0.2) is 0 Å². The van der Waals surface area contributed by atoms with Crippen molar-refractivity contribution in [3.63, 3.8) is 0 Å². The minimum Gasteiger partial charge on any atom is -0.489 e. The van der Waals surface area contributed by atoms with Crippen LogP contribution in [-0.4, -0.2) is 29.6 Å². The fourth-order valence-corrected chi connectivity index (χ4v) is 2.48. The summed E-state index contributed by atoms with van der Waals surface area (Å²) in [7, 11) is 0. The van der Waals surface area contributed by atoms with E-state index in [2.05, 4.69) is 10.3 Å². The third-order valence-corrected chi connectivity index (χ3v) is 3.59. The first-order valence-electron chi connectivity index (χ1n) is 7.37. The molecule has 0 spiro atoms. The first kappa shape index (κ1) is 14.8. The van der Waals surface area contributed by atoms with Gasteiger partial charge in [-0.1, -0.05) is 12.8 Å². The quantitative estimate of drug-likeness (QED) is 0.824. The molecule has 1 aromatic rings. The Morgan fingerprint density at radius 3 is 3.05 bits per heavy atom. The highest BCUT2D eigenvalue weighted by molar-refractivity contribution is 5.92. The second-order valence-corrected chi connectivity index (χ2v) is 5.19. The predicted octanol–water partition coefficient (Wildman–Crippen LogP) is 1.87. The van der Waals surface area contributed by atoms with Gasteiger partial charge in [0.2, 0.25) is 0 Å². The van der Waals surface area contributed by atoms with Crippen LogP contribution in [0, 0.1) is 0 Å². The number of ether oxygens (including phenoxy) is 1. The number of hydrogen-bond donors (Lipinski definition) is 2. The third-order valence-electron chi connectivity index (χ3n) is 3.59. The van der Waals surface area contributed by atoms with E-state index in [1.807, 2.05) is 6.92 Å². The Labute approximate surface area is 119 Å². The van der Waals surface area contributed by atoms with Crippen molar-refractivity contribution in [2.75, 3.05) is 6.54 Å². The van der Waals surface area contributed by atoms with Crippen molar-refractivity contribution >= 4 is 5.91 Å². The number of carbonyl (C=O) groups excluding carboxylic acids is 1. The number of aromatic nitrogens is 1. The van der Waals surface area contributed by atoms with Gasteiger partial charge in [0.25, 0.3) is 5.91 Å². The van der Waals surface area contributed by atoms with Crippen molar-refractivity contribution in [3.8, 4) is 5.75 Å². The molecule has 1 saturated carbocycles. The molecule has 2 unspecified atom stereocenters. The van der Waals surface area contributed by atoms with Crippen LogP contribution in [0.3, 0.4) is 0 Å². The number of rotatable bonds is 4. The van der Waals surface area contributed by atoms with Crippen LogP contribution in [-0.2, 0) is 0 Å². The Kier molecular flexibility index (Phi) is 5.35. The molecule has 1 aliphatic carbocycles. The molecule has 5 nitrogen and oxygen atoms in total. The Hall–Kier alpha value is -1.62. The first-order valence-corrected chi connectivity index (χ1v) is 7.37. The van der Waals surface area contributed by atoms with Gasteiger partial charge >= 0.3 is 0 Å². The van der Waals surface area contributed by atoms with E-state index in [0.29, 0.717) is 18.0 Å². The lowest BCUT2D eigenvalue weighted by Gasteiger charge is -2.23. The lowest BCUT2D eigenvalue weighted by molar-refractivity contribution is 0.0949. The third kappa shape index (κ3) is 3.93. The molecule has 1 aromatic heterocycles. The molecule has 0 radical (unpaired) electrons. The van der Waals surface area contributed by atoms with Gasteiger partial charge in [0.05, 0.1) is 0 Å². The van der Waals surface area contributed by atoms with Gasteiger partial charge in [-0.3, -0.25) is 9.78 Å². The van der Waals surface area contributed by atoms with E-state index in [0.717, 1.165) is 19.3 Å². The standard InChI is InChI=1S/C15H23N3O2/c1-2-17-15(19)13-10-11(8-9-18-13)20-14-7-5-3-4-6-12(14)16/h8-10,12,14H,2-7,16H2,1H3,(H,17,19). The van der Waals surface area contributed by atoms with Gasteiger partial charge in [0, 0.05) is 24.8 Å². The van der Waals surface area contributed by atoms with Crippen molar-refractivity contribution in [2.45, 2.75) is 51.2 Å². The summed E-state index contributed by atoms with van der Waals surface area (Å²) in [6, 6.07) is 3.53. The van der Waals surface area contributed by atoms with E-state index in [-0.39, 0.29) is 18.1 Å². The Morgan fingerprint density at radius 2 is 2.25 bits per heavy atom. The molecule has 0 bridgehead atoms. The number of nitrogens with one attached hydrogen (secondary N) is 1. The fourth-order valence-electron chi connectivity index (χ4n) is 2.48. The zero-order valence-electron chi connectivity index (χ0n) is 12.0. The molecular formula is C15H23N3O2. The van der Waals surface area contributed by atoms with Crippen LogP contribution in [0.25, 0.3) is 0 Å². The van der Waals surface area contributed by atoms with Crippen LogP contribution in [0.4, 0.5) is 0 Å². The van der Waals surface area contributed by atoms with E-state index in [1.54, 1.807) is 18.3 Å². The average molecular weight is 277 g/mol. The largest absolute Gasteiger partial charge is 0.489 e. The van der Waals surface area contributed by atoms with Crippen LogP contribution in [0.1, 0.15) is 49.5 Å². The molecule has 1 aliphatic rings. The second kappa shape index (κ2) is 7.24. The highest BCUT2D eigenvalue weighted by Crippen LogP contribution is 2.22. The summed E-state index contributed by atoms with van der Waals surface area (Å²) in [5.74, 6) is 0.492. The summed E-state index contributed by atoms with van der Waals surface area (Å²) in [6.45, 7) is 2.46. The fraction of sp³-hybridized carbons (Fsp3) is 0.600. The summed E-state index contributed by atoms with van der Waals surface area (Å²) in [6.07, 6.45) is 7.13. The molecule has 3 N–H and O–H groups in total. The number of hydrogen-bond acceptors (Lipinski definition) is 4. The van der Waals surface area contributed by atoms with Crippen molar-refractivity contribution < 1.29 is 9.53 Å². The van der Waals surface area contributed by atoms with Gasteiger partial charge in [-0.2, -0.15) is 0 Å². The lowest BCUT2D eigenvalue weighted by atomic mass is 10.1. The van der Waals surface area contributed by atoms with Crippen molar-refractivity contribution in [1.29, 1.82) is 0 Å². The van der Waals surface area contributed by atoms with Crippen molar-refractivity contribution in [1.82, 2.24) is 10.3 Å². The minimum absolute atomic E-state index is 0.0296. The maximum atomic E-state index is 11.8. The zero-order chi connectivity index (χ0) is 14.4. The number of nitrogens with two attached hydrogens (primary N) is 1. The van der Waals surface area contributed by atoms with Crippen LogP contribution in [0.2, 0.25) is 0 Å². The van der Waals surface area contributed by atoms with Gasteiger partial charge in [-0.25, -0.2) is 0 Å². The van der Waals surface area contributed by atoms with Gasteiger partial charge in [-0.05, 0) is 32.3 Å². The molecule has 1 amide bonds. The summed E-state index contributed by atoms with van der Waals surface area (Å²) < 4.78 is 5.97. The molecule has 2 rings (SSSR count). The molecule has 0 aliphatic heterocycles. The van der Waals surface area contributed by atoms with Crippen LogP contribution >= 0.6 is 0 Å². The maximum absolute atomic E-state index is 11.8. The summed E-state index contributed by atoms with van der Waals surface area (Å²) in [5, 5.41) is 2.73. The lowest BCUT2D eigenvalue weighted by Crippen LogP contribution is -2.37. The van der Waals surface area contributed by atoms with E-state index >= 15 is 0 Å². The van der Waals surface area contributed by atoms with E-state index in [1.165, 1.54) is 12.8 Å². The van der Waals surface area contributed by atoms with Crippen LogP contribution < -0.4 is 15.8 Å². The van der Waals surface area contributed by atoms with E-state index < -0.39 is 0 Å². The number of carbonyl (C=O) groups is 1. The monoisotopic (exact) mass is 277 g/mol. The Balaban J connectivity index is 2.05.